The van der Waals surface area contributed by atoms with Crippen molar-refractivity contribution in [1.82, 2.24) is 0 Å². The first-order chi connectivity index (χ1) is 13.6. The zero-order chi connectivity index (χ0) is 19.5. The van der Waals surface area contributed by atoms with Gasteiger partial charge in [0.2, 0.25) is 0 Å². The summed E-state index contributed by atoms with van der Waals surface area (Å²) in [4.78, 5) is 10.7. The number of hydrogen-bond acceptors (Lipinski definition) is 3. The number of carboxylic acids is 1. The Morgan fingerprint density at radius 2 is 1.82 bits per heavy atom. The summed E-state index contributed by atoms with van der Waals surface area (Å²) < 4.78 is 26.0. The number of rotatable bonds is 7. The lowest BCUT2D eigenvalue weighted by molar-refractivity contribution is -0.146. The van der Waals surface area contributed by atoms with E-state index < -0.39 is 5.97 Å². The molecule has 148 valence electrons. The van der Waals surface area contributed by atoms with Gasteiger partial charge >= 0.3 is 5.97 Å². The van der Waals surface area contributed by atoms with Gasteiger partial charge in [-0.2, -0.15) is 0 Å². The van der Waals surface area contributed by atoms with Gasteiger partial charge in [0.1, 0.15) is 18.2 Å². The molecular weight excluding hydrogens is 359 g/mol. The standard InChI is InChI=1S/C23H25FO4/c24-21-8-4-3-7-19(21)15-9-10-20(16-11-18(12-16)27-14-23(25)26)22(13-15)28-17-5-1-2-6-17/h3-4,7-10,13,16-18H,1-2,5-6,11-12,14H2,(H,25,26)/t16-,18+. The van der Waals surface area contributed by atoms with Crippen LogP contribution in [0.2, 0.25) is 0 Å². The summed E-state index contributed by atoms with van der Waals surface area (Å²) in [7, 11) is 0. The predicted molar refractivity (Wildman–Crippen MR) is 104 cm³/mol. The lowest BCUT2D eigenvalue weighted by Gasteiger charge is -2.36. The van der Waals surface area contributed by atoms with Crippen molar-refractivity contribution in [3.8, 4) is 16.9 Å². The van der Waals surface area contributed by atoms with Gasteiger partial charge in [-0.25, -0.2) is 9.18 Å². The van der Waals surface area contributed by atoms with Gasteiger partial charge in [0.05, 0.1) is 12.2 Å². The molecule has 0 amide bonds. The second kappa shape index (κ2) is 8.31. The van der Waals surface area contributed by atoms with Crippen LogP contribution in [0.1, 0.15) is 50.0 Å². The largest absolute Gasteiger partial charge is 0.490 e. The summed E-state index contributed by atoms with van der Waals surface area (Å²) in [6.45, 7) is -0.255. The molecule has 4 nitrogen and oxygen atoms in total. The normalized spacial score (nSPS) is 22.0. The highest BCUT2D eigenvalue weighted by atomic mass is 19.1. The number of halogens is 1. The monoisotopic (exact) mass is 384 g/mol. The fourth-order valence-corrected chi connectivity index (χ4v) is 4.17. The third-order valence-electron chi connectivity index (χ3n) is 5.77. The van der Waals surface area contributed by atoms with Crippen LogP contribution in [-0.4, -0.2) is 29.9 Å². The van der Waals surface area contributed by atoms with E-state index in [9.17, 15) is 9.18 Å². The second-order valence-corrected chi connectivity index (χ2v) is 7.75. The predicted octanol–water partition coefficient (Wildman–Crippen LogP) is 5.16. The first-order valence-electron chi connectivity index (χ1n) is 9.99. The maximum Gasteiger partial charge on any atom is 0.329 e. The molecule has 2 saturated carbocycles. The molecule has 0 heterocycles. The Labute approximate surface area is 164 Å². The van der Waals surface area contributed by atoms with Gasteiger partial charge in [-0.15, -0.1) is 0 Å². The van der Waals surface area contributed by atoms with E-state index in [-0.39, 0.29) is 30.5 Å². The van der Waals surface area contributed by atoms with Crippen LogP contribution in [0, 0.1) is 5.82 Å². The van der Waals surface area contributed by atoms with E-state index in [1.165, 1.54) is 18.9 Å². The summed E-state index contributed by atoms with van der Waals surface area (Å²) in [6, 6.07) is 12.7. The van der Waals surface area contributed by atoms with Crippen LogP contribution in [0.5, 0.6) is 5.75 Å². The molecule has 2 aliphatic rings. The molecule has 0 atom stereocenters. The summed E-state index contributed by atoms with van der Waals surface area (Å²) >= 11 is 0. The van der Waals surface area contributed by atoms with Crippen LogP contribution in [0.4, 0.5) is 4.39 Å². The SMILES string of the molecule is O=C(O)CO[C@H]1C[C@@H](c2ccc(-c3ccccc3F)cc2OC2CCCC2)C1. The average Bonchev–Trinajstić information content (AvgIpc) is 3.14. The first-order valence-corrected chi connectivity index (χ1v) is 9.99. The Morgan fingerprint density at radius 1 is 1.07 bits per heavy atom. The Kier molecular flexibility index (Phi) is 5.62. The molecule has 0 aliphatic heterocycles. The lowest BCUT2D eigenvalue weighted by atomic mass is 9.76. The Morgan fingerprint density at radius 3 is 2.54 bits per heavy atom. The number of carbonyl (C=O) groups is 1. The minimum absolute atomic E-state index is 0.0216. The third-order valence-corrected chi connectivity index (χ3v) is 5.77. The van der Waals surface area contributed by atoms with Crippen molar-refractivity contribution in [3.63, 3.8) is 0 Å². The molecular formula is C23H25FO4. The van der Waals surface area contributed by atoms with Crippen LogP contribution in [0.15, 0.2) is 42.5 Å². The molecule has 1 N–H and O–H groups in total. The fraction of sp³-hybridized carbons (Fsp3) is 0.435. The highest BCUT2D eigenvalue weighted by molar-refractivity contribution is 5.68. The molecule has 0 unspecified atom stereocenters. The van der Waals surface area contributed by atoms with Gasteiger partial charge in [-0.05, 0) is 67.7 Å². The molecule has 4 rings (SSSR count). The molecule has 0 saturated heterocycles. The van der Waals surface area contributed by atoms with Crippen LogP contribution >= 0.6 is 0 Å². The van der Waals surface area contributed by atoms with E-state index >= 15 is 0 Å². The fourth-order valence-electron chi connectivity index (χ4n) is 4.17. The molecule has 5 heteroatoms. The van der Waals surface area contributed by atoms with Gasteiger partial charge in [0.25, 0.3) is 0 Å². The van der Waals surface area contributed by atoms with Gasteiger partial charge in [0, 0.05) is 5.56 Å². The van der Waals surface area contributed by atoms with E-state index in [1.807, 2.05) is 24.3 Å². The van der Waals surface area contributed by atoms with E-state index in [2.05, 4.69) is 0 Å². The third kappa shape index (κ3) is 4.20. The van der Waals surface area contributed by atoms with Crippen LogP contribution in [0.25, 0.3) is 11.1 Å². The van der Waals surface area contributed by atoms with Crippen molar-refractivity contribution in [2.45, 2.75) is 56.7 Å². The van der Waals surface area contributed by atoms with Gasteiger partial charge in [-0.1, -0.05) is 30.3 Å². The van der Waals surface area contributed by atoms with Crippen molar-refractivity contribution in [1.29, 1.82) is 0 Å². The smallest absolute Gasteiger partial charge is 0.329 e. The number of aliphatic carboxylic acids is 1. The second-order valence-electron chi connectivity index (χ2n) is 7.75. The molecule has 2 aromatic rings. The summed E-state index contributed by atoms with van der Waals surface area (Å²) in [5.74, 6) is -0.0741. The number of carboxylic acid groups (broad SMARTS) is 1. The zero-order valence-electron chi connectivity index (χ0n) is 15.8. The Balaban J connectivity index is 1.55. The first kappa shape index (κ1) is 18.9. The van der Waals surface area contributed by atoms with Gasteiger partial charge in [0.15, 0.2) is 0 Å². The summed E-state index contributed by atoms with van der Waals surface area (Å²) in [6.07, 6.45) is 6.24. The molecule has 2 aliphatic carbocycles. The van der Waals surface area contributed by atoms with E-state index in [1.54, 1.807) is 12.1 Å². The zero-order valence-corrected chi connectivity index (χ0v) is 15.8. The molecule has 0 aromatic heterocycles. The van der Waals surface area contributed by atoms with Crippen LogP contribution in [0.3, 0.4) is 0 Å². The molecule has 0 radical (unpaired) electrons. The Hall–Kier alpha value is -2.40. The summed E-state index contributed by atoms with van der Waals surface area (Å²) in [5, 5.41) is 8.75. The lowest BCUT2D eigenvalue weighted by Crippen LogP contribution is -2.32. The van der Waals surface area contributed by atoms with Crippen LogP contribution < -0.4 is 4.74 Å². The molecule has 28 heavy (non-hydrogen) atoms. The van der Waals surface area contributed by atoms with Gasteiger partial charge in [-0.3, -0.25) is 0 Å². The van der Waals surface area contributed by atoms with E-state index in [4.69, 9.17) is 14.6 Å². The van der Waals surface area contributed by atoms with E-state index in [0.717, 1.165) is 42.6 Å². The van der Waals surface area contributed by atoms with Crippen molar-refractivity contribution >= 4 is 5.97 Å². The molecule has 2 fully saturated rings. The molecule has 0 spiro atoms. The van der Waals surface area contributed by atoms with Crippen molar-refractivity contribution in [3.05, 3.63) is 53.8 Å². The summed E-state index contributed by atoms with van der Waals surface area (Å²) in [5.41, 5.74) is 2.50. The molecule has 0 bridgehead atoms. The van der Waals surface area contributed by atoms with Crippen molar-refractivity contribution in [2.75, 3.05) is 6.61 Å². The minimum atomic E-state index is -0.942. The quantitative estimate of drug-likeness (QED) is 0.716. The van der Waals surface area contributed by atoms with Crippen LogP contribution in [-0.2, 0) is 9.53 Å². The van der Waals surface area contributed by atoms with Crippen molar-refractivity contribution in [2.24, 2.45) is 0 Å². The topological polar surface area (TPSA) is 55.8 Å². The number of ether oxygens (including phenoxy) is 2. The Bertz CT molecular complexity index is 838. The number of hydrogen-bond donors (Lipinski definition) is 1. The van der Waals surface area contributed by atoms with Gasteiger partial charge < -0.3 is 14.6 Å². The van der Waals surface area contributed by atoms with E-state index in [0.29, 0.717) is 5.56 Å². The highest BCUT2D eigenvalue weighted by Gasteiger charge is 2.34. The molecule has 2 aromatic carbocycles. The maximum atomic E-state index is 14.2. The average molecular weight is 384 g/mol. The number of benzene rings is 2. The van der Waals surface area contributed by atoms with Crippen molar-refractivity contribution < 1.29 is 23.8 Å². The minimum Gasteiger partial charge on any atom is -0.490 e. The maximum absolute atomic E-state index is 14.2. The highest BCUT2D eigenvalue weighted by Crippen LogP contribution is 2.44.